The molecule has 0 amide bonds. The van der Waals surface area contributed by atoms with Gasteiger partial charge in [-0.3, -0.25) is 0 Å². The molecule has 0 fully saturated rings. The minimum Gasteiger partial charge on any atom is -0.507 e. The standard InChI is InChI=1S/C39H34N4O3/c1-46-39(45)29-21-22-34-33(26-29)41-38(42(34)25-23-28-14-6-3-7-15-28)31-18-10-19-32-36(31)43(24-11-16-27-12-4-2-5-13-27)37(40-32)30-17-8-9-20-35(30)44/h2-10,12-15,17-22,26,44H,11,16,23-25H2,1H3. The maximum Gasteiger partial charge on any atom is 0.337 e. The molecule has 7 heteroatoms. The van der Waals surface area contributed by atoms with Crippen LogP contribution in [0.25, 0.3) is 44.8 Å². The largest absolute Gasteiger partial charge is 0.507 e. The summed E-state index contributed by atoms with van der Waals surface area (Å²) in [7, 11) is 1.39. The lowest BCUT2D eigenvalue weighted by atomic mass is 10.1. The number of ether oxygens (including phenoxy) is 1. The summed E-state index contributed by atoms with van der Waals surface area (Å²) in [5, 5.41) is 10.9. The number of fused-ring (bicyclic) bond motifs is 2. The number of benzene rings is 5. The summed E-state index contributed by atoms with van der Waals surface area (Å²) in [6, 6.07) is 39.9. The zero-order valence-corrected chi connectivity index (χ0v) is 25.6. The van der Waals surface area contributed by atoms with E-state index in [-0.39, 0.29) is 5.75 Å². The van der Waals surface area contributed by atoms with Crippen LogP contribution in [0.1, 0.15) is 27.9 Å². The van der Waals surface area contributed by atoms with Crippen LogP contribution >= 0.6 is 0 Å². The molecule has 0 saturated heterocycles. The van der Waals surface area contributed by atoms with Gasteiger partial charge >= 0.3 is 5.97 Å². The second kappa shape index (κ2) is 12.7. The maximum atomic E-state index is 12.4. The molecule has 0 aliphatic heterocycles. The van der Waals surface area contributed by atoms with Gasteiger partial charge < -0.3 is 19.0 Å². The molecule has 2 aromatic heterocycles. The molecule has 7 rings (SSSR count). The lowest BCUT2D eigenvalue weighted by molar-refractivity contribution is 0.0601. The first-order chi connectivity index (χ1) is 22.6. The van der Waals surface area contributed by atoms with Crippen molar-refractivity contribution in [3.05, 3.63) is 138 Å². The normalized spacial score (nSPS) is 11.3. The number of esters is 1. The summed E-state index contributed by atoms with van der Waals surface area (Å²) >= 11 is 0. The van der Waals surface area contributed by atoms with Gasteiger partial charge in [0.25, 0.3) is 0 Å². The molecule has 0 radical (unpaired) electrons. The fraction of sp³-hybridized carbons (Fsp3) is 0.154. The van der Waals surface area contributed by atoms with E-state index in [0.717, 1.165) is 52.7 Å². The Labute approximate surface area is 267 Å². The predicted molar refractivity (Wildman–Crippen MR) is 182 cm³/mol. The van der Waals surface area contributed by atoms with Gasteiger partial charge in [0, 0.05) is 18.7 Å². The number of aryl methyl sites for hydroxylation is 4. The topological polar surface area (TPSA) is 82.2 Å². The molecule has 0 aliphatic carbocycles. The number of rotatable bonds is 10. The van der Waals surface area contributed by atoms with E-state index in [4.69, 9.17) is 14.7 Å². The Hall–Kier alpha value is -5.69. The lowest BCUT2D eigenvalue weighted by Crippen LogP contribution is -2.06. The van der Waals surface area contributed by atoms with Gasteiger partial charge in [-0.25, -0.2) is 14.8 Å². The third-order valence-corrected chi connectivity index (χ3v) is 8.48. The lowest BCUT2D eigenvalue weighted by Gasteiger charge is -2.14. The van der Waals surface area contributed by atoms with Crippen molar-refractivity contribution >= 4 is 28.0 Å². The third kappa shape index (κ3) is 5.63. The van der Waals surface area contributed by atoms with E-state index < -0.39 is 5.97 Å². The highest BCUT2D eigenvalue weighted by Gasteiger charge is 2.22. The van der Waals surface area contributed by atoms with Crippen LogP contribution in [0.3, 0.4) is 0 Å². The van der Waals surface area contributed by atoms with Crippen LogP contribution in [0.5, 0.6) is 5.75 Å². The van der Waals surface area contributed by atoms with Crippen LogP contribution in [-0.4, -0.2) is 37.3 Å². The van der Waals surface area contributed by atoms with Crippen LogP contribution in [0.2, 0.25) is 0 Å². The summed E-state index contributed by atoms with van der Waals surface area (Å²) in [5.74, 6) is 1.31. The number of carbonyl (C=O) groups excluding carboxylic acids is 1. The molecule has 7 nitrogen and oxygen atoms in total. The SMILES string of the molecule is COC(=O)c1ccc2c(c1)nc(-c1cccc3nc(-c4ccccc4O)n(CCCc4ccccc4)c13)n2CCc1ccccc1. The first kappa shape index (κ1) is 29.0. The maximum absolute atomic E-state index is 12.4. The van der Waals surface area contributed by atoms with Gasteiger partial charge in [0.05, 0.1) is 40.3 Å². The highest BCUT2D eigenvalue weighted by atomic mass is 16.5. The Morgan fingerprint density at radius 3 is 2.07 bits per heavy atom. The quantitative estimate of drug-likeness (QED) is 0.159. The van der Waals surface area contributed by atoms with Gasteiger partial charge in [0.15, 0.2) is 0 Å². The van der Waals surface area contributed by atoms with Crippen molar-refractivity contribution in [1.82, 2.24) is 19.1 Å². The van der Waals surface area contributed by atoms with Crippen molar-refractivity contribution < 1.29 is 14.6 Å². The van der Waals surface area contributed by atoms with E-state index in [1.54, 1.807) is 18.2 Å². The van der Waals surface area contributed by atoms with Gasteiger partial charge in [0.2, 0.25) is 0 Å². The van der Waals surface area contributed by atoms with Crippen LogP contribution < -0.4 is 0 Å². The van der Waals surface area contributed by atoms with E-state index in [1.165, 1.54) is 18.2 Å². The summed E-state index contributed by atoms with van der Waals surface area (Å²) in [5.41, 5.74) is 8.03. The molecule has 0 spiro atoms. The number of aromatic nitrogens is 4. The van der Waals surface area contributed by atoms with Gasteiger partial charge in [-0.05, 0) is 72.9 Å². The number of carbonyl (C=O) groups is 1. The second-order valence-corrected chi connectivity index (χ2v) is 11.4. The molecule has 5 aromatic carbocycles. The summed E-state index contributed by atoms with van der Waals surface area (Å²) in [6.07, 6.45) is 2.61. The third-order valence-electron chi connectivity index (χ3n) is 8.48. The number of hydrogen-bond donors (Lipinski definition) is 1. The first-order valence-electron chi connectivity index (χ1n) is 15.5. The number of hydrogen-bond acceptors (Lipinski definition) is 5. The summed E-state index contributed by atoms with van der Waals surface area (Å²) < 4.78 is 9.46. The zero-order chi connectivity index (χ0) is 31.5. The van der Waals surface area contributed by atoms with Gasteiger partial charge in [-0.2, -0.15) is 0 Å². The Kier molecular flexibility index (Phi) is 8.04. The van der Waals surface area contributed by atoms with Crippen molar-refractivity contribution in [1.29, 1.82) is 0 Å². The number of phenols is 1. The minimum atomic E-state index is -0.395. The van der Waals surface area contributed by atoms with Crippen molar-refractivity contribution in [2.75, 3.05) is 7.11 Å². The molecule has 0 atom stereocenters. The molecule has 2 heterocycles. The molecular formula is C39H34N4O3. The van der Waals surface area contributed by atoms with Crippen LogP contribution in [0.15, 0.2) is 121 Å². The van der Waals surface area contributed by atoms with Crippen LogP contribution in [-0.2, 0) is 30.7 Å². The monoisotopic (exact) mass is 606 g/mol. The molecule has 1 N–H and O–H groups in total. The zero-order valence-electron chi connectivity index (χ0n) is 25.6. The number of nitrogens with zero attached hydrogens (tertiary/aromatic N) is 4. The second-order valence-electron chi connectivity index (χ2n) is 11.4. The van der Waals surface area contributed by atoms with Gasteiger partial charge in [-0.15, -0.1) is 0 Å². The van der Waals surface area contributed by atoms with E-state index in [0.29, 0.717) is 30.0 Å². The molecule has 46 heavy (non-hydrogen) atoms. The molecule has 0 aliphatic rings. The molecule has 0 saturated carbocycles. The fourth-order valence-corrected chi connectivity index (χ4v) is 6.23. The van der Waals surface area contributed by atoms with Gasteiger partial charge in [-0.1, -0.05) is 78.9 Å². The smallest absolute Gasteiger partial charge is 0.337 e. The predicted octanol–water partition coefficient (Wildman–Crippen LogP) is 8.09. The number of imidazole rings is 2. The van der Waals surface area contributed by atoms with E-state index in [9.17, 15) is 9.90 Å². The Balaban J connectivity index is 1.40. The van der Waals surface area contributed by atoms with Crippen molar-refractivity contribution in [3.63, 3.8) is 0 Å². The minimum absolute atomic E-state index is 0.189. The average molecular weight is 607 g/mol. The highest BCUT2D eigenvalue weighted by Crippen LogP contribution is 2.37. The van der Waals surface area contributed by atoms with Crippen LogP contribution in [0, 0.1) is 0 Å². The number of para-hydroxylation sites is 2. The molecule has 0 bridgehead atoms. The number of aromatic hydroxyl groups is 1. The number of methoxy groups -OCH3 is 1. The highest BCUT2D eigenvalue weighted by molar-refractivity contribution is 5.97. The molecule has 0 unspecified atom stereocenters. The Morgan fingerprint density at radius 2 is 1.33 bits per heavy atom. The Bertz CT molecular complexity index is 2150. The fourth-order valence-electron chi connectivity index (χ4n) is 6.23. The molecule has 7 aromatic rings. The summed E-state index contributed by atoms with van der Waals surface area (Å²) in [4.78, 5) is 22.7. The Morgan fingerprint density at radius 1 is 0.674 bits per heavy atom. The van der Waals surface area contributed by atoms with Crippen molar-refractivity contribution in [3.8, 4) is 28.5 Å². The van der Waals surface area contributed by atoms with E-state index in [2.05, 4.69) is 63.7 Å². The average Bonchev–Trinajstić information content (AvgIpc) is 3.66. The number of phenolic OH excluding ortho intramolecular Hbond substituents is 1. The molecule has 228 valence electrons. The van der Waals surface area contributed by atoms with Gasteiger partial charge in [0.1, 0.15) is 17.4 Å². The van der Waals surface area contributed by atoms with Crippen LogP contribution in [0.4, 0.5) is 0 Å². The van der Waals surface area contributed by atoms with E-state index in [1.807, 2.05) is 48.5 Å². The van der Waals surface area contributed by atoms with Crippen molar-refractivity contribution in [2.45, 2.75) is 32.4 Å². The first-order valence-corrected chi connectivity index (χ1v) is 15.5. The molecular weight excluding hydrogens is 572 g/mol. The van der Waals surface area contributed by atoms with Crippen molar-refractivity contribution in [2.24, 2.45) is 0 Å². The summed E-state index contributed by atoms with van der Waals surface area (Å²) in [6.45, 7) is 1.39. The van der Waals surface area contributed by atoms with E-state index >= 15 is 0 Å².